The number of nitrogens with one attached hydrogen (secondary N) is 2. The summed E-state index contributed by atoms with van der Waals surface area (Å²) >= 11 is 0. The molecule has 0 bridgehead atoms. The quantitative estimate of drug-likeness (QED) is 0.227. The van der Waals surface area contributed by atoms with E-state index < -0.39 is 0 Å². The largest absolute Gasteiger partial charge is 0.338 e. The maximum atomic E-state index is 13.5. The standard InChI is InChI=1S/C37H41N5O3/c1-27-14-16-28(17-15-27)32-11-5-6-12-33(32)35(43)39-31-20-18-30(19-21-31)36(44)41(3)34-13-7-4-9-29(34)10-8-22-38-37(45)42-25-23-40(2)24-26-42/h4-7,9,11-21H,8,10,22-26H2,1-3H3,(H,38,45)(H,39,43). The molecule has 232 valence electrons. The first-order chi connectivity index (χ1) is 21.8. The second-order valence-electron chi connectivity index (χ2n) is 11.6. The zero-order valence-corrected chi connectivity index (χ0v) is 26.3. The van der Waals surface area contributed by atoms with E-state index in [4.69, 9.17) is 0 Å². The molecule has 4 aromatic carbocycles. The Morgan fingerprint density at radius 3 is 2.20 bits per heavy atom. The number of carbonyl (C=O) groups is 3. The van der Waals surface area contributed by atoms with Gasteiger partial charge >= 0.3 is 6.03 Å². The Bertz CT molecular complexity index is 1630. The lowest BCUT2D eigenvalue weighted by molar-refractivity contribution is 0.0991. The van der Waals surface area contributed by atoms with E-state index in [1.807, 2.05) is 84.6 Å². The first-order valence-corrected chi connectivity index (χ1v) is 15.4. The number of aryl methyl sites for hydroxylation is 2. The molecule has 8 heteroatoms. The number of hydrogen-bond acceptors (Lipinski definition) is 4. The van der Waals surface area contributed by atoms with Crippen LogP contribution in [-0.4, -0.2) is 74.5 Å². The van der Waals surface area contributed by atoms with E-state index >= 15 is 0 Å². The van der Waals surface area contributed by atoms with Crippen LogP contribution >= 0.6 is 0 Å². The molecule has 0 radical (unpaired) electrons. The Kier molecular flexibility index (Phi) is 10.3. The van der Waals surface area contributed by atoms with Crippen LogP contribution in [0.15, 0.2) is 97.1 Å². The number of piperazine rings is 1. The molecule has 1 aliphatic heterocycles. The van der Waals surface area contributed by atoms with Crippen LogP contribution in [0.4, 0.5) is 16.2 Å². The van der Waals surface area contributed by atoms with Crippen molar-refractivity contribution in [2.75, 3.05) is 57.0 Å². The molecule has 0 aromatic heterocycles. The predicted octanol–water partition coefficient (Wildman–Crippen LogP) is 6.08. The summed E-state index contributed by atoms with van der Waals surface area (Å²) in [5, 5.41) is 6.01. The topological polar surface area (TPSA) is 85.0 Å². The van der Waals surface area contributed by atoms with Crippen molar-refractivity contribution in [2.24, 2.45) is 0 Å². The number of para-hydroxylation sites is 1. The lowest BCUT2D eigenvalue weighted by Crippen LogP contribution is -2.50. The fraction of sp³-hybridized carbons (Fsp3) is 0.270. The van der Waals surface area contributed by atoms with E-state index in [9.17, 15) is 14.4 Å². The van der Waals surface area contributed by atoms with E-state index in [1.54, 1.807) is 36.2 Å². The molecule has 0 aliphatic carbocycles. The van der Waals surface area contributed by atoms with Gasteiger partial charge in [0.1, 0.15) is 0 Å². The van der Waals surface area contributed by atoms with Crippen molar-refractivity contribution >= 4 is 29.2 Å². The number of hydrogen-bond donors (Lipinski definition) is 2. The third-order valence-corrected chi connectivity index (χ3v) is 8.27. The maximum absolute atomic E-state index is 13.5. The minimum absolute atomic E-state index is 0.0150. The summed E-state index contributed by atoms with van der Waals surface area (Å²) in [6.45, 7) is 5.87. The van der Waals surface area contributed by atoms with Crippen LogP contribution in [0, 0.1) is 6.92 Å². The highest BCUT2D eigenvalue weighted by molar-refractivity contribution is 6.09. The average Bonchev–Trinajstić information content (AvgIpc) is 3.07. The Labute approximate surface area is 265 Å². The number of nitrogens with zero attached hydrogens (tertiary/aromatic N) is 3. The Morgan fingerprint density at radius 2 is 1.47 bits per heavy atom. The van der Waals surface area contributed by atoms with E-state index in [0.717, 1.165) is 67.0 Å². The highest BCUT2D eigenvalue weighted by Gasteiger charge is 2.20. The molecular formula is C37H41N5O3. The number of rotatable bonds is 9. The van der Waals surface area contributed by atoms with Gasteiger partial charge in [-0.3, -0.25) is 9.59 Å². The number of amides is 4. The number of anilines is 2. The van der Waals surface area contributed by atoms with E-state index in [2.05, 4.69) is 22.6 Å². The van der Waals surface area contributed by atoms with Crippen molar-refractivity contribution in [3.8, 4) is 11.1 Å². The van der Waals surface area contributed by atoms with Crippen molar-refractivity contribution < 1.29 is 14.4 Å². The van der Waals surface area contributed by atoms with Crippen LogP contribution in [0.3, 0.4) is 0 Å². The van der Waals surface area contributed by atoms with Gasteiger partial charge in [-0.2, -0.15) is 0 Å². The van der Waals surface area contributed by atoms with E-state index in [-0.39, 0.29) is 17.8 Å². The highest BCUT2D eigenvalue weighted by atomic mass is 16.2. The molecule has 4 amide bonds. The summed E-state index contributed by atoms with van der Waals surface area (Å²) in [6.07, 6.45) is 1.49. The minimum Gasteiger partial charge on any atom is -0.338 e. The zero-order valence-electron chi connectivity index (χ0n) is 26.3. The highest BCUT2D eigenvalue weighted by Crippen LogP contribution is 2.26. The number of benzene rings is 4. The van der Waals surface area contributed by atoms with Crippen molar-refractivity contribution in [2.45, 2.75) is 19.8 Å². The SMILES string of the molecule is Cc1ccc(-c2ccccc2C(=O)Nc2ccc(C(=O)N(C)c3ccccc3CCCNC(=O)N3CCN(C)CC3)cc2)cc1. The Morgan fingerprint density at radius 1 is 0.800 bits per heavy atom. The Hall–Kier alpha value is -4.95. The van der Waals surface area contributed by atoms with Gasteiger partial charge in [0.2, 0.25) is 0 Å². The lowest BCUT2D eigenvalue weighted by atomic mass is 9.98. The fourth-order valence-corrected chi connectivity index (χ4v) is 5.51. The summed E-state index contributed by atoms with van der Waals surface area (Å²) < 4.78 is 0. The second-order valence-corrected chi connectivity index (χ2v) is 11.6. The van der Waals surface area contributed by atoms with Crippen LogP contribution < -0.4 is 15.5 Å². The maximum Gasteiger partial charge on any atom is 0.317 e. The zero-order chi connectivity index (χ0) is 31.8. The monoisotopic (exact) mass is 603 g/mol. The summed E-state index contributed by atoms with van der Waals surface area (Å²) in [5.41, 5.74) is 6.58. The van der Waals surface area contributed by atoms with Gasteiger partial charge in [-0.05, 0) is 79.9 Å². The van der Waals surface area contributed by atoms with Crippen molar-refractivity contribution in [1.29, 1.82) is 0 Å². The molecule has 1 aliphatic rings. The van der Waals surface area contributed by atoms with Crippen molar-refractivity contribution in [3.63, 3.8) is 0 Å². The molecule has 0 atom stereocenters. The summed E-state index contributed by atoms with van der Waals surface area (Å²) in [6, 6.07) is 30.4. The molecule has 0 spiro atoms. The summed E-state index contributed by atoms with van der Waals surface area (Å²) in [4.78, 5) is 45.0. The van der Waals surface area contributed by atoms with Gasteiger partial charge in [-0.1, -0.05) is 66.2 Å². The van der Waals surface area contributed by atoms with Crippen molar-refractivity contribution in [3.05, 3.63) is 119 Å². The van der Waals surface area contributed by atoms with Gasteiger partial charge in [-0.25, -0.2) is 4.79 Å². The molecule has 8 nitrogen and oxygen atoms in total. The molecule has 4 aromatic rings. The molecule has 1 fully saturated rings. The third kappa shape index (κ3) is 7.96. The van der Waals surface area contributed by atoms with E-state index in [0.29, 0.717) is 23.4 Å². The summed E-state index contributed by atoms with van der Waals surface area (Å²) in [7, 11) is 3.84. The van der Waals surface area contributed by atoms with Gasteiger partial charge in [0.15, 0.2) is 0 Å². The minimum atomic E-state index is -0.212. The van der Waals surface area contributed by atoms with Gasteiger partial charge in [0.05, 0.1) is 0 Å². The fourth-order valence-electron chi connectivity index (χ4n) is 5.51. The number of likely N-dealkylation sites (N-methyl/N-ethyl adjacent to an activating group) is 1. The smallest absolute Gasteiger partial charge is 0.317 e. The third-order valence-electron chi connectivity index (χ3n) is 8.27. The second kappa shape index (κ2) is 14.7. The summed E-state index contributed by atoms with van der Waals surface area (Å²) in [5.74, 6) is -0.357. The van der Waals surface area contributed by atoms with Gasteiger partial charge in [0.25, 0.3) is 11.8 Å². The molecule has 1 heterocycles. The molecule has 0 unspecified atom stereocenters. The molecule has 1 saturated heterocycles. The lowest BCUT2D eigenvalue weighted by Gasteiger charge is -2.32. The van der Waals surface area contributed by atoms with E-state index in [1.165, 1.54) is 0 Å². The molecule has 5 rings (SSSR count). The van der Waals surface area contributed by atoms with Crippen LogP contribution in [0.2, 0.25) is 0 Å². The molecule has 0 saturated carbocycles. The van der Waals surface area contributed by atoms with Crippen LogP contribution in [0.5, 0.6) is 0 Å². The molecular weight excluding hydrogens is 562 g/mol. The first kappa shape index (κ1) is 31.5. The number of urea groups is 1. The van der Waals surface area contributed by atoms with Crippen LogP contribution in [0.1, 0.15) is 38.3 Å². The van der Waals surface area contributed by atoms with Crippen molar-refractivity contribution in [1.82, 2.24) is 15.1 Å². The van der Waals surface area contributed by atoms with Gasteiger partial charge < -0.3 is 25.3 Å². The molecule has 2 N–H and O–H groups in total. The average molecular weight is 604 g/mol. The predicted molar refractivity (Wildman–Crippen MR) is 181 cm³/mol. The normalized spacial score (nSPS) is 13.3. The van der Waals surface area contributed by atoms with Gasteiger partial charge in [-0.15, -0.1) is 0 Å². The molecule has 45 heavy (non-hydrogen) atoms. The Balaban J connectivity index is 1.18. The van der Waals surface area contributed by atoms with Crippen LogP contribution in [-0.2, 0) is 6.42 Å². The number of carbonyl (C=O) groups excluding carboxylic acids is 3. The van der Waals surface area contributed by atoms with Crippen LogP contribution in [0.25, 0.3) is 11.1 Å². The first-order valence-electron chi connectivity index (χ1n) is 15.4. The van der Waals surface area contributed by atoms with Gasteiger partial charge in [0, 0.05) is 62.3 Å².